The van der Waals surface area contributed by atoms with Crippen LogP contribution in [0.1, 0.15) is 25.3 Å². The van der Waals surface area contributed by atoms with E-state index in [0.29, 0.717) is 13.0 Å². The molecule has 0 aliphatic rings. The summed E-state index contributed by atoms with van der Waals surface area (Å²) in [5.41, 5.74) is 7.95. The van der Waals surface area contributed by atoms with Crippen LogP contribution in [0.5, 0.6) is 0 Å². The highest BCUT2D eigenvalue weighted by molar-refractivity contribution is 5.84. The number of hydrogen-bond acceptors (Lipinski definition) is 2. The highest BCUT2D eigenvalue weighted by Gasteiger charge is 2.06. The van der Waals surface area contributed by atoms with Crippen molar-refractivity contribution in [2.75, 3.05) is 6.54 Å². The first-order chi connectivity index (χ1) is 9.16. The Morgan fingerprint density at radius 1 is 1.42 bits per heavy atom. The third kappa shape index (κ3) is 3.83. The summed E-state index contributed by atoms with van der Waals surface area (Å²) in [6, 6.07) is 8.27. The molecule has 4 heteroatoms. The molecular formula is C15H21N3O. The molecule has 102 valence electrons. The van der Waals surface area contributed by atoms with Crippen molar-refractivity contribution >= 4 is 16.8 Å². The summed E-state index contributed by atoms with van der Waals surface area (Å²) in [6.07, 6.45) is 4.08. The Balaban J connectivity index is 1.83. The molecule has 2 aromatic rings. The number of carbonyl (C=O) groups is 1. The van der Waals surface area contributed by atoms with Crippen molar-refractivity contribution in [2.24, 2.45) is 5.73 Å². The Kier molecular flexibility index (Phi) is 4.58. The molecule has 1 aromatic heterocycles. The van der Waals surface area contributed by atoms with Crippen molar-refractivity contribution < 1.29 is 4.79 Å². The number of benzene rings is 1. The number of carbonyl (C=O) groups excluding carboxylic acids is 1. The number of aromatic nitrogens is 1. The fourth-order valence-corrected chi connectivity index (χ4v) is 2.11. The van der Waals surface area contributed by atoms with Gasteiger partial charge in [0.05, 0.1) is 0 Å². The first kappa shape index (κ1) is 13.6. The van der Waals surface area contributed by atoms with Crippen LogP contribution in [-0.4, -0.2) is 23.5 Å². The fraction of sp³-hybridized carbons (Fsp3) is 0.400. The number of para-hydroxylation sites is 1. The average molecular weight is 259 g/mol. The predicted molar refractivity (Wildman–Crippen MR) is 77.9 cm³/mol. The fourth-order valence-electron chi connectivity index (χ4n) is 2.11. The number of amides is 1. The quantitative estimate of drug-likeness (QED) is 0.742. The highest BCUT2D eigenvalue weighted by Crippen LogP contribution is 2.18. The first-order valence-corrected chi connectivity index (χ1v) is 6.74. The minimum absolute atomic E-state index is 0.0888. The van der Waals surface area contributed by atoms with Gasteiger partial charge in [-0.05, 0) is 31.4 Å². The zero-order valence-electron chi connectivity index (χ0n) is 11.3. The molecule has 0 saturated carbocycles. The zero-order chi connectivity index (χ0) is 13.7. The minimum Gasteiger partial charge on any atom is -0.361 e. The lowest BCUT2D eigenvalue weighted by atomic mass is 10.1. The minimum atomic E-state index is 0.0888. The molecule has 0 radical (unpaired) electrons. The largest absolute Gasteiger partial charge is 0.361 e. The Morgan fingerprint density at radius 2 is 2.21 bits per heavy atom. The van der Waals surface area contributed by atoms with Crippen molar-refractivity contribution in [3.63, 3.8) is 0 Å². The number of fused-ring (bicyclic) bond motifs is 1. The molecule has 2 rings (SSSR count). The summed E-state index contributed by atoms with van der Waals surface area (Å²) in [4.78, 5) is 14.9. The zero-order valence-corrected chi connectivity index (χ0v) is 11.3. The van der Waals surface area contributed by atoms with E-state index in [1.54, 1.807) is 0 Å². The topological polar surface area (TPSA) is 70.9 Å². The van der Waals surface area contributed by atoms with Gasteiger partial charge in [-0.25, -0.2) is 0 Å². The maximum atomic E-state index is 11.7. The predicted octanol–water partition coefficient (Wildman–Crippen LogP) is 1.95. The molecule has 0 aliphatic heterocycles. The van der Waals surface area contributed by atoms with Crippen LogP contribution in [0.4, 0.5) is 0 Å². The Labute approximate surface area is 113 Å². The number of rotatable bonds is 6. The third-order valence-corrected chi connectivity index (χ3v) is 3.22. The molecule has 19 heavy (non-hydrogen) atoms. The van der Waals surface area contributed by atoms with E-state index in [4.69, 9.17) is 5.73 Å². The number of nitrogens with one attached hydrogen (secondary N) is 2. The van der Waals surface area contributed by atoms with E-state index in [2.05, 4.69) is 16.4 Å². The van der Waals surface area contributed by atoms with Crippen LogP contribution in [0.25, 0.3) is 10.9 Å². The lowest BCUT2D eigenvalue weighted by Gasteiger charge is -2.07. The maximum Gasteiger partial charge on any atom is 0.220 e. The van der Waals surface area contributed by atoms with Gasteiger partial charge in [0.25, 0.3) is 0 Å². The van der Waals surface area contributed by atoms with Gasteiger partial charge in [0.1, 0.15) is 0 Å². The van der Waals surface area contributed by atoms with Crippen molar-refractivity contribution in [2.45, 2.75) is 32.2 Å². The van der Waals surface area contributed by atoms with Crippen LogP contribution < -0.4 is 11.1 Å². The number of H-pyrrole nitrogens is 1. The van der Waals surface area contributed by atoms with E-state index in [1.807, 2.05) is 31.3 Å². The lowest BCUT2D eigenvalue weighted by Crippen LogP contribution is -2.29. The van der Waals surface area contributed by atoms with Gasteiger partial charge in [0.15, 0.2) is 0 Å². The molecular weight excluding hydrogens is 238 g/mol. The van der Waals surface area contributed by atoms with Gasteiger partial charge in [-0.3, -0.25) is 4.79 Å². The summed E-state index contributed by atoms with van der Waals surface area (Å²) in [5, 5.41) is 4.10. The standard InChI is InChI=1S/C15H21N3O/c1-11(16)8-9-17-15(19)7-6-12-10-18-14-5-3-2-4-13(12)14/h2-5,10-11,18H,6-9,16H2,1H3,(H,17,19). The molecule has 0 saturated heterocycles. The summed E-state index contributed by atoms with van der Waals surface area (Å²) >= 11 is 0. The van der Waals surface area contributed by atoms with Crippen LogP contribution in [0, 0.1) is 0 Å². The van der Waals surface area contributed by atoms with Gasteiger partial charge in [0.2, 0.25) is 5.91 Å². The normalized spacial score (nSPS) is 12.5. The molecule has 0 fully saturated rings. The Hall–Kier alpha value is -1.81. The second kappa shape index (κ2) is 6.38. The van der Waals surface area contributed by atoms with Crippen molar-refractivity contribution in [3.05, 3.63) is 36.0 Å². The summed E-state index contributed by atoms with van der Waals surface area (Å²) in [5.74, 6) is 0.0888. The van der Waals surface area contributed by atoms with Crippen molar-refractivity contribution in [1.82, 2.24) is 10.3 Å². The van der Waals surface area contributed by atoms with Gasteiger partial charge < -0.3 is 16.0 Å². The van der Waals surface area contributed by atoms with Gasteiger partial charge in [0, 0.05) is 36.1 Å². The number of aromatic amines is 1. The van der Waals surface area contributed by atoms with Crippen LogP contribution in [-0.2, 0) is 11.2 Å². The van der Waals surface area contributed by atoms with E-state index in [-0.39, 0.29) is 11.9 Å². The van der Waals surface area contributed by atoms with Crippen LogP contribution in [0.3, 0.4) is 0 Å². The van der Waals surface area contributed by atoms with Crippen molar-refractivity contribution in [3.8, 4) is 0 Å². The second-order valence-electron chi connectivity index (χ2n) is 4.98. The van der Waals surface area contributed by atoms with E-state index in [1.165, 1.54) is 10.9 Å². The molecule has 1 unspecified atom stereocenters. The molecule has 0 bridgehead atoms. The molecule has 0 spiro atoms. The molecule has 4 N–H and O–H groups in total. The summed E-state index contributed by atoms with van der Waals surface area (Å²) in [6.45, 7) is 2.60. The molecule has 1 heterocycles. The Morgan fingerprint density at radius 3 is 3.00 bits per heavy atom. The van der Waals surface area contributed by atoms with Gasteiger partial charge in [-0.2, -0.15) is 0 Å². The smallest absolute Gasteiger partial charge is 0.220 e. The SMILES string of the molecule is CC(N)CCNC(=O)CCc1c[nH]c2ccccc12. The number of nitrogens with two attached hydrogens (primary N) is 1. The van der Waals surface area contributed by atoms with E-state index < -0.39 is 0 Å². The van der Waals surface area contributed by atoms with E-state index in [0.717, 1.165) is 18.4 Å². The highest BCUT2D eigenvalue weighted by atomic mass is 16.1. The summed E-state index contributed by atoms with van der Waals surface area (Å²) in [7, 11) is 0. The second-order valence-corrected chi connectivity index (χ2v) is 4.98. The lowest BCUT2D eigenvalue weighted by molar-refractivity contribution is -0.121. The first-order valence-electron chi connectivity index (χ1n) is 6.74. The average Bonchev–Trinajstić information content (AvgIpc) is 2.79. The molecule has 0 aliphatic carbocycles. The monoisotopic (exact) mass is 259 g/mol. The molecule has 1 atom stereocenters. The molecule has 4 nitrogen and oxygen atoms in total. The Bertz CT molecular complexity index is 545. The van der Waals surface area contributed by atoms with Crippen molar-refractivity contribution in [1.29, 1.82) is 0 Å². The van der Waals surface area contributed by atoms with Gasteiger partial charge >= 0.3 is 0 Å². The molecule has 1 aromatic carbocycles. The number of aryl methyl sites for hydroxylation is 1. The maximum absolute atomic E-state index is 11.7. The van der Waals surface area contributed by atoms with Gasteiger partial charge in [-0.15, -0.1) is 0 Å². The van der Waals surface area contributed by atoms with Crippen LogP contribution in [0.2, 0.25) is 0 Å². The van der Waals surface area contributed by atoms with Gasteiger partial charge in [-0.1, -0.05) is 18.2 Å². The summed E-state index contributed by atoms with van der Waals surface area (Å²) < 4.78 is 0. The van der Waals surface area contributed by atoms with Crippen LogP contribution in [0.15, 0.2) is 30.5 Å². The van der Waals surface area contributed by atoms with E-state index in [9.17, 15) is 4.79 Å². The third-order valence-electron chi connectivity index (χ3n) is 3.22. The molecule has 1 amide bonds. The number of hydrogen-bond donors (Lipinski definition) is 3. The van der Waals surface area contributed by atoms with Crippen LogP contribution >= 0.6 is 0 Å². The van der Waals surface area contributed by atoms with E-state index >= 15 is 0 Å².